The van der Waals surface area contributed by atoms with Gasteiger partial charge in [-0.1, -0.05) is 27.7 Å². The lowest BCUT2D eigenvalue weighted by molar-refractivity contribution is -0.255. The zero-order chi connectivity index (χ0) is 24.4. The number of alkyl halides is 5. The molecular formula is C17H23F5N2O5S2. The molecule has 0 spiro atoms. The first-order valence-electron chi connectivity index (χ1n) is 9.17. The highest BCUT2D eigenvalue weighted by Crippen LogP contribution is 2.39. The van der Waals surface area contributed by atoms with Gasteiger partial charge in [-0.3, -0.25) is 4.79 Å². The number of carbonyl (C=O) groups excluding carboxylic acids is 1. The van der Waals surface area contributed by atoms with Crippen molar-refractivity contribution < 1.29 is 43.6 Å². The Hall–Kier alpha value is -1.64. The quantitative estimate of drug-likeness (QED) is 0.368. The topological polar surface area (TPSA) is 91.8 Å². The summed E-state index contributed by atoms with van der Waals surface area (Å²) in [6.45, 7) is 5.33. The second-order valence-electron chi connectivity index (χ2n) is 6.24. The third-order valence-corrected chi connectivity index (χ3v) is 8.64. The number of ketones is 1. The lowest BCUT2D eigenvalue weighted by Crippen LogP contribution is -2.45. The summed E-state index contributed by atoms with van der Waals surface area (Å²) in [6, 6.07) is 1.45. The highest BCUT2D eigenvalue weighted by Gasteiger charge is 2.63. The molecule has 0 radical (unpaired) electrons. The lowest BCUT2D eigenvalue weighted by Gasteiger charge is -2.24. The van der Waals surface area contributed by atoms with Crippen molar-refractivity contribution in [3.8, 4) is 0 Å². The fraction of sp³-hybridized carbons (Fsp3) is 0.588. The minimum atomic E-state index is -6.27. The minimum absolute atomic E-state index is 0.0101. The Kier molecular flexibility index (Phi) is 8.36. The summed E-state index contributed by atoms with van der Waals surface area (Å²) in [4.78, 5) is 10.2. The van der Waals surface area contributed by atoms with E-state index in [0.717, 1.165) is 4.31 Å². The van der Waals surface area contributed by atoms with Crippen molar-refractivity contribution in [2.24, 2.45) is 0 Å². The molecular weight excluding hydrogens is 471 g/mol. The molecule has 0 aliphatic heterocycles. The van der Waals surface area contributed by atoms with E-state index in [0.29, 0.717) is 22.5 Å². The Morgan fingerprint density at radius 2 is 1.23 bits per heavy atom. The number of rotatable bonds is 10. The molecule has 0 aliphatic carbocycles. The van der Waals surface area contributed by atoms with Crippen LogP contribution in [0, 0.1) is 0 Å². The average Bonchev–Trinajstić information content (AvgIpc) is 2.67. The van der Waals surface area contributed by atoms with Crippen molar-refractivity contribution >= 4 is 25.8 Å². The summed E-state index contributed by atoms with van der Waals surface area (Å²) in [6.07, 6.45) is -6.27. The molecule has 0 aliphatic rings. The van der Waals surface area contributed by atoms with Crippen LogP contribution in [0.25, 0.3) is 0 Å². The van der Waals surface area contributed by atoms with Crippen LogP contribution in [-0.2, 0) is 20.0 Å². The standard InChI is InChI=1S/C17H23F5N2O5S2/c1-5-23(6-2)30(26,27)12-9-10-13(15(25)16(18,19)17(20,21)22)14(11-12)31(28,29)24(7-3)8-4/h9-11H,5-8H2,1-4H3. The fourth-order valence-electron chi connectivity index (χ4n) is 2.78. The van der Waals surface area contributed by atoms with E-state index in [1.807, 2.05) is 0 Å². The second-order valence-corrected chi connectivity index (χ2v) is 10.1. The van der Waals surface area contributed by atoms with Crippen LogP contribution in [0.1, 0.15) is 38.1 Å². The molecule has 0 amide bonds. The van der Waals surface area contributed by atoms with Crippen LogP contribution in [0.5, 0.6) is 0 Å². The van der Waals surface area contributed by atoms with Gasteiger partial charge in [0.1, 0.15) is 0 Å². The van der Waals surface area contributed by atoms with Crippen LogP contribution in [0.4, 0.5) is 22.0 Å². The highest BCUT2D eigenvalue weighted by molar-refractivity contribution is 7.90. The van der Waals surface area contributed by atoms with Crippen molar-refractivity contribution in [1.82, 2.24) is 8.61 Å². The van der Waals surface area contributed by atoms with E-state index < -0.39 is 53.3 Å². The van der Waals surface area contributed by atoms with Gasteiger partial charge in [0.2, 0.25) is 25.8 Å². The normalized spacial score (nSPS) is 13.8. The SMILES string of the molecule is CCN(CC)S(=O)(=O)c1ccc(C(=O)C(F)(F)C(F)(F)F)c(S(=O)(=O)N(CC)CC)c1. The Labute approximate surface area is 177 Å². The third kappa shape index (κ3) is 5.07. The van der Waals surface area contributed by atoms with E-state index in [4.69, 9.17) is 0 Å². The smallest absolute Gasteiger partial charge is 0.287 e. The van der Waals surface area contributed by atoms with E-state index in [1.54, 1.807) is 0 Å². The summed E-state index contributed by atoms with van der Waals surface area (Å²) in [5.41, 5.74) is -1.45. The van der Waals surface area contributed by atoms with Crippen molar-refractivity contribution in [3.05, 3.63) is 23.8 Å². The average molecular weight is 495 g/mol. The summed E-state index contributed by atoms with van der Waals surface area (Å²) >= 11 is 0. The van der Waals surface area contributed by atoms with Gasteiger partial charge in [-0.15, -0.1) is 0 Å². The molecule has 0 N–H and O–H groups in total. The van der Waals surface area contributed by atoms with Gasteiger partial charge in [-0.2, -0.15) is 30.6 Å². The van der Waals surface area contributed by atoms with Gasteiger partial charge in [-0.25, -0.2) is 16.8 Å². The summed E-state index contributed by atoms with van der Waals surface area (Å²) in [7, 11) is -9.08. The maximum absolute atomic E-state index is 13.7. The maximum atomic E-state index is 13.7. The zero-order valence-electron chi connectivity index (χ0n) is 17.2. The van der Waals surface area contributed by atoms with Gasteiger partial charge in [0.25, 0.3) is 0 Å². The predicted molar refractivity (Wildman–Crippen MR) is 102 cm³/mol. The molecule has 178 valence electrons. The monoisotopic (exact) mass is 494 g/mol. The molecule has 0 unspecified atom stereocenters. The number of hydrogen-bond acceptors (Lipinski definition) is 5. The van der Waals surface area contributed by atoms with Crippen molar-refractivity contribution in [3.63, 3.8) is 0 Å². The number of halogens is 5. The maximum Gasteiger partial charge on any atom is 0.461 e. The molecule has 0 heterocycles. The van der Waals surface area contributed by atoms with Gasteiger partial charge in [0, 0.05) is 31.7 Å². The molecule has 14 heteroatoms. The highest BCUT2D eigenvalue weighted by atomic mass is 32.2. The van der Waals surface area contributed by atoms with Gasteiger partial charge in [0.15, 0.2) is 0 Å². The van der Waals surface area contributed by atoms with E-state index in [9.17, 15) is 43.6 Å². The van der Waals surface area contributed by atoms with Crippen LogP contribution >= 0.6 is 0 Å². The predicted octanol–water partition coefficient (Wildman–Crippen LogP) is 3.13. The summed E-state index contributed by atoms with van der Waals surface area (Å²) in [5.74, 6) is -8.67. The van der Waals surface area contributed by atoms with E-state index >= 15 is 0 Å². The first kappa shape index (κ1) is 27.4. The minimum Gasteiger partial charge on any atom is -0.287 e. The number of hydrogen-bond donors (Lipinski definition) is 0. The Bertz CT molecular complexity index is 1020. The molecule has 1 rings (SSSR count). The largest absolute Gasteiger partial charge is 0.461 e. The molecule has 7 nitrogen and oxygen atoms in total. The van der Waals surface area contributed by atoms with Gasteiger partial charge < -0.3 is 0 Å². The van der Waals surface area contributed by atoms with Crippen LogP contribution in [0.3, 0.4) is 0 Å². The first-order chi connectivity index (χ1) is 14.0. The number of sulfonamides is 2. The van der Waals surface area contributed by atoms with Crippen LogP contribution in [0.15, 0.2) is 28.0 Å². The Morgan fingerprint density at radius 3 is 1.61 bits per heavy atom. The molecule has 1 aromatic rings. The van der Waals surface area contributed by atoms with Crippen LogP contribution < -0.4 is 0 Å². The number of benzene rings is 1. The summed E-state index contributed by atoms with van der Waals surface area (Å²) < 4.78 is 119. The van der Waals surface area contributed by atoms with E-state index in [1.165, 1.54) is 27.7 Å². The fourth-order valence-corrected chi connectivity index (χ4v) is 6.01. The number of Topliss-reactive ketones (excluding diaryl/α,β-unsaturated/α-hetero) is 1. The lowest BCUT2D eigenvalue weighted by atomic mass is 10.1. The molecule has 0 atom stereocenters. The molecule has 31 heavy (non-hydrogen) atoms. The molecule has 1 aromatic carbocycles. The molecule has 0 saturated carbocycles. The van der Waals surface area contributed by atoms with Crippen molar-refractivity contribution in [2.45, 2.75) is 49.6 Å². The first-order valence-corrected chi connectivity index (χ1v) is 12.1. The third-order valence-electron chi connectivity index (χ3n) is 4.51. The van der Waals surface area contributed by atoms with E-state index in [2.05, 4.69) is 0 Å². The zero-order valence-corrected chi connectivity index (χ0v) is 18.8. The molecule has 0 saturated heterocycles. The van der Waals surface area contributed by atoms with Crippen molar-refractivity contribution in [1.29, 1.82) is 0 Å². The van der Waals surface area contributed by atoms with Gasteiger partial charge in [-0.05, 0) is 18.2 Å². The number of nitrogens with zero attached hydrogens (tertiary/aromatic N) is 2. The second kappa shape index (κ2) is 9.46. The summed E-state index contributed by atoms with van der Waals surface area (Å²) in [5, 5.41) is 0. The number of carbonyl (C=O) groups is 1. The Morgan fingerprint density at radius 1 is 0.806 bits per heavy atom. The Balaban J connectivity index is 3.93. The molecule has 0 aromatic heterocycles. The van der Waals surface area contributed by atoms with Crippen molar-refractivity contribution in [2.75, 3.05) is 26.2 Å². The molecule has 0 bridgehead atoms. The van der Waals surface area contributed by atoms with Gasteiger partial charge >= 0.3 is 12.1 Å². The van der Waals surface area contributed by atoms with Crippen LogP contribution in [0.2, 0.25) is 0 Å². The van der Waals surface area contributed by atoms with Gasteiger partial charge in [0.05, 0.1) is 9.79 Å². The van der Waals surface area contributed by atoms with Crippen LogP contribution in [-0.4, -0.2) is 69.5 Å². The molecule has 0 fully saturated rings. The van der Waals surface area contributed by atoms with E-state index in [-0.39, 0.29) is 26.2 Å².